The van der Waals surface area contributed by atoms with Gasteiger partial charge in [-0.1, -0.05) is 0 Å². The predicted molar refractivity (Wildman–Crippen MR) is 86.4 cm³/mol. The molecule has 1 saturated heterocycles. The fraction of sp³-hybridized carbons (Fsp3) is 0.438. The number of carbonyl (C=O) groups is 3. The van der Waals surface area contributed by atoms with Gasteiger partial charge in [-0.3, -0.25) is 14.4 Å². The topological polar surface area (TPSA) is 96.5 Å². The molecule has 1 aliphatic rings. The second-order valence-electron chi connectivity index (χ2n) is 5.51. The van der Waals surface area contributed by atoms with E-state index in [0.29, 0.717) is 23.5 Å². The summed E-state index contributed by atoms with van der Waals surface area (Å²) >= 11 is 0. The molecular formula is C16H21N3O4. The molecule has 0 spiro atoms. The molecule has 3 amide bonds. The van der Waals surface area contributed by atoms with Crippen molar-refractivity contribution in [3.8, 4) is 0 Å². The van der Waals surface area contributed by atoms with E-state index in [1.807, 2.05) is 0 Å². The van der Waals surface area contributed by atoms with Gasteiger partial charge < -0.3 is 20.7 Å². The zero-order chi connectivity index (χ0) is 16.8. The third kappa shape index (κ3) is 5.37. The monoisotopic (exact) mass is 319 g/mol. The molecule has 0 saturated carbocycles. The minimum absolute atomic E-state index is 0.0484. The van der Waals surface area contributed by atoms with Crippen LogP contribution in [0.25, 0.3) is 0 Å². The van der Waals surface area contributed by atoms with Crippen LogP contribution < -0.4 is 16.0 Å². The first-order valence-corrected chi connectivity index (χ1v) is 7.54. The fourth-order valence-corrected chi connectivity index (χ4v) is 2.42. The van der Waals surface area contributed by atoms with Crippen LogP contribution in [0.4, 0.5) is 11.4 Å². The fourth-order valence-electron chi connectivity index (χ4n) is 2.42. The maximum Gasteiger partial charge on any atom is 0.251 e. The Hall–Kier alpha value is -2.41. The van der Waals surface area contributed by atoms with Crippen molar-refractivity contribution >= 4 is 29.1 Å². The normalized spacial score (nSPS) is 16.7. The minimum Gasteiger partial charge on any atom is -0.376 e. The SMILES string of the molecule is CC(=O)Nc1cc(NC(C)=O)cc(C(=O)NCC2CCCO2)c1. The van der Waals surface area contributed by atoms with E-state index in [9.17, 15) is 14.4 Å². The van der Waals surface area contributed by atoms with E-state index < -0.39 is 0 Å². The highest BCUT2D eigenvalue weighted by Gasteiger charge is 2.17. The van der Waals surface area contributed by atoms with E-state index in [2.05, 4.69) is 16.0 Å². The second-order valence-corrected chi connectivity index (χ2v) is 5.51. The number of anilines is 2. The van der Waals surface area contributed by atoms with Crippen LogP contribution in [0, 0.1) is 0 Å². The zero-order valence-electron chi connectivity index (χ0n) is 13.3. The summed E-state index contributed by atoms with van der Waals surface area (Å²) in [7, 11) is 0. The molecule has 23 heavy (non-hydrogen) atoms. The Morgan fingerprint density at radius 2 is 1.70 bits per heavy atom. The summed E-state index contributed by atoms with van der Waals surface area (Å²) < 4.78 is 5.46. The first-order chi connectivity index (χ1) is 10.9. The summed E-state index contributed by atoms with van der Waals surface area (Å²) in [6.07, 6.45) is 1.99. The van der Waals surface area contributed by atoms with Gasteiger partial charge in [-0.15, -0.1) is 0 Å². The van der Waals surface area contributed by atoms with Crippen molar-refractivity contribution in [1.82, 2.24) is 5.32 Å². The third-order valence-corrected chi connectivity index (χ3v) is 3.35. The molecule has 1 aliphatic heterocycles. The van der Waals surface area contributed by atoms with Gasteiger partial charge in [0.2, 0.25) is 11.8 Å². The Morgan fingerprint density at radius 1 is 1.09 bits per heavy atom. The van der Waals surface area contributed by atoms with Gasteiger partial charge in [-0.05, 0) is 31.0 Å². The zero-order valence-corrected chi connectivity index (χ0v) is 13.3. The lowest BCUT2D eigenvalue weighted by atomic mass is 10.1. The molecular weight excluding hydrogens is 298 g/mol. The Labute approximate surface area is 134 Å². The molecule has 1 aromatic rings. The number of hydrogen-bond donors (Lipinski definition) is 3. The molecule has 1 fully saturated rings. The van der Waals surface area contributed by atoms with Crippen LogP contribution in [0.3, 0.4) is 0 Å². The van der Waals surface area contributed by atoms with Crippen molar-refractivity contribution in [3.05, 3.63) is 23.8 Å². The Balaban J connectivity index is 2.11. The van der Waals surface area contributed by atoms with E-state index in [1.165, 1.54) is 13.8 Å². The van der Waals surface area contributed by atoms with Gasteiger partial charge in [0.05, 0.1) is 6.10 Å². The summed E-state index contributed by atoms with van der Waals surface area (Å²) in [5.41, 5.74) is 1.26. The van der Waals surface area contributed by atoms with Crippen molar-refractivity contribution in [2.75, 3.05) is 23.8 Å². The first-order valence-electron chi connectivity index (χ1n) is 7.54. The third-order valence-electron chi connectivity index (χ3n) is 3.35. The average molecular weight is 319 g/mol. The van der Waals surface area contributed by atoms with Crippen LogP contribution in [-0.4, -0.2) is 37.0 Å². The van der Waals surface area contributed by atoms with Crippen LogP contribution in [0.5, 0.6) is 0 Å². The molecule has 2 rings (SSSR count). The highest BCUT2D eigenvalue weighted by molar-refractivity contribution is 5.99. The maximum absolute atomic E-state index is 12.3. The molecule has 1 aromatic carbocycles. The van der Waals surface area contributed by atoms with Crippen LogP contribution in [0.2, 0.25) is 0 Å². The predicted octanol–water partition coefficient (Wildman–Crippen LogP) is 1.51. The van der Waals surface area contributed by atoms with Gasteiger partial charge in [0.1, 0.15) is 0 Å². The molecule has 0 aliphatic carbocycles. The molecule has 124 valence electrons. The number of nitrogens with one attached hydrogen (secondary N) is 3. The van der Waals surface area contributed by atoms with Gasteiger partial charge in [-0.25, -0.2) is 0 Å². The minimum atomic E-state index is -0.278. The molecule has 1 unspecified atom stereocenters. The van der Waals surface area contributed by atoms with Gasteiger partial charge in [0.25, 0.3) is 5.91 Å². The highest BCUT2D eigenvalue weighted by atomic mass is 16.5. The lowest BCUT2D eigenvalue weighted by Gasteiger charge is -2.13. The first kappa shape index (κ1) is 17.0. The van der Waals surface area contributed by atoms with Crippen molar-refractivity contribution in [3.63, 3.8) is 0 Å². The number of hydrogen-bond acceptors (Lipinski definition) is 4. The van der Waals surface area contributed by atoms with Crippen molar-refractivity contribution in [2.45, 2.75) is 32.8 Å². The molecule has 7 nitrogen and oxygen atoms in total. The molecule has 1 atom stereocenters. The summed E-state index contributed by atoms with van der Waals surface area (Å²) in [5.74, 6) is -0.786. The van der Waals surface area contributed by atoms with Crippen LogP contribution in [0.15, 0.2) is 18.2 Å². The summed E-state index contributed by atoms with van der Waals surface area (Å²) in [4.78, 5) is 34.7. The Morgan fingerprint density at radius 3 is 2.17 bits per heavy atom. The standard InChI is InChI=1S/C16H21N3O4/c1-10(20)18-13-6-12(7-14(8-13)19-11(2)21)16(22)17-9-15-4-3-5-23-15/h6-8,15H,3-5,9H2,1-2H3,(H,17,22)(H,18,20)(H,19,21). The van der Waals surface area contributed by atoms with E-state index >= 15 is 0 Å². The van der Waals surface area contributed by atoms with Crippen LogP contribution in [-0.2, 0) is 14.3 Å². The largest absolute Gasteiger partial charge is 0.376 e. The van der Waals surface area contributed by atoms with Crippen LogP contribution >= 0.6 is 0 Å². The summed E-state index contributed by atoms with van der Waals surface area (Å²) in [5, 5.41) is 8.04. The molecule has 0 aromatic heterocycles. The van der Waals surface area contributed by atoms with Gasteiger partial charge >= 0.3 is 0 Å². The van der Waals surface area contributed by atoms with Crippen molar-refractivity contribution < 1.29 is 19.1 Å². The molecule has 0 bridgehead atoms. The molecule has 0 radical (unpaired) electrons. The summed E-state index contributed by atoms with van der Waals surface area (Å²) in [6.45, 7) is 3.93. The van der Waals surface area contributed by atoms with Gasteiger partial charge in [0, 0.05) is 43.9 Å². The second kappa shape index (κ2) is 7.73. The quantitative estimate of drug-likeness (QED) is 0.766. The summed E-state index contributed by atoms with van der Waals surface area (Å²) in [6, 6.07) is 4.73. The van der Waals surface area contributed by atoms with Gasteiger partial charge in [-0.2, -0.15) is 0 Å². The van der Waals surface area contributed by atoms with E-state index in [0.717, 1.165) is 19.4 Å². The van der Waals surface area contributed by atoms with Crippen LogP contribution in [0.1, 0.15) is 37.0 Å². The van der Waals surface area contributed by atoms with Crippen molar-refractivity contribution in [1.29, 1.82) is 0 Å². The Kier molecular flexibility index (Phi) is 5.70. The maximum atomic E-state index is 12.3. The molecule has 1 heterocycles. The lowest BCUT2D eigenvalue weighted by molar-refractivity contribution is -0.115. The smallest absolute Gasteiger partial charge is 0.251 e. The van der Waals surface area contributed by atoms with Crippen molar-refractivity contribution in [2.24, 2.45) is 0 Å². The Bertz CT molecular complexity index is 575. The van der Waals surface area contributed by atoms with E-state index in [-0.39, 0.29) is 23.8 Å². The van der Waals surface area contributed by atoms with E-state index in [4.69, 9.17) is 4.74 Å². The van der Waals surface area contributed by atoms with E-state index in [1.54, 1.807) is 18.2 Å². The number of amides is 3. The van der Waals surface area contributed by atoms with Gasteiger partial charge in [0.15, 0.2) is 0 Å². The lowest BCUT2D eigenvalue weighted by Crippen LogP contribution is -2.31. The molecule has 7 heteroatoms. The highest BCUT2D eigenvalue weighted by Crippen LogP contribution is 2.20. The number of benzene rings is 1. The number of rotatable bonds is 5. The number of carbonyl (C=O) groups excluding carboxylic acids is 3. The molecule has 3 N–H and O–H groups in total. The average Bonchev–Trinajstić information content (AvgIpc) is 2.96. The number of ether oxygens (including phenoxy) is 1.